The largest absolute Gasteiger partial charge is 0.319 e. The minimum Gasteiger partial charge on any atom is -0.319 e. The highest BCUT2D eigenvalue weighted by Crippen LogP contribution is 2.22. The van der Waals surface area contributed by atoms with Gasteiger partial charge in [0.15, 0.2) is 0 Å². The van der Waals surface area contributed by atoms with Crippen LogP contribution in [0.2, 0.25) is 0 Å². The Kier molecular flexibility index (Phi) is 5.05. The number of hydrogen-bond donors (Lipinski definition) is 1. The van der Waals surface area contributed by atoms with E-state index in [4.69, 9.17) is 0 Å². The van der Waals surface area contributed by atoms with Crippen molar-refractivity contribution in [2.45, 2.75) is 24.7 Å². The number of hydrogen-bond acceptors (Lipinski definition) is 2. The van der Waals surface area contributed by atoms with Crippen LogP contribution in [0.3, 0.4) is 0 Å². The number of thioether (sulfide) groups is 1. The third-order valence-corrected chi connectivity index (χ3v) is 3.12. The van der Waals surface area contributed by atoms with E-state index in [1.54, 1.807) is 0 Å². The molecule has 0 saturated heterocycles. The zero-order chi connectivity index (χ0) is 10.4. The Bertz CT molecular complexity index is 273. The third-order valence-electron chi connectivity index (χ3n) is 2.25. The molecule has 1 N–H and O–H groups in total. The quantitative estimate of drug-likeness (QED) is 0.748. The second-order valence-corrected chi connectivity index (χ2v) is 4.80. The summed E-state index contributed by atoms with van der Waals surface area (Å²) >= 11 is 1.90. The van der Waals surface area contributed by atoms with Gasteiger partial charge in [0.25, 0.3) is 0 Å². The van der Waals surface area contributed by atoms with Crippen LogP contribution in [0, 0.1) is 0 Å². The van der Waals surface area contributed by atoms with Crippen molar-refractivity contribution in [2.75, 3.05) is 19.3 Å². The highest BCUT2D eigenvalue weighted by atomic mass is 32.2. The number of likely N-dealkylation sites (N-methyl/N-ethyl adjacent to an activating group) is 1. The van der Waals surface area contributed by atoms with Crippen LogP contribution in [0.25, 0.3) is 0 Å². The second-order valence-electron chi connectivity index (χ2n) is 3.46. The van der Waals surface area contributed by atoms with E-state index in [-0.39, 0.29) is 0 Å². The van der Waals surface area contributed by atoms with Crippen LogP contribution in [-0.4, -0.2) is 19.3 Å². The summed E-state index contributed by atoms with van der Waals surface area (Å²) in [4.78, 5) is 1.38. The van der Waals surface area contributed by atoms with E-state index >= 15 is 0 Å². The first-order chi connectivity index (χ1) is 6.77. The van der Waals surface area contributed by atoms with Gasteiger partial charge in [-0.25, -0.2) is 0 Å². The average Bonchev–Trinajstić information content (AvgIpc) is 2.19. The first-order valence-corrected chi connectivity index (χ1v) is 6.13. The molecule has 1 aromatic rings. The van der Waals surface area contributed by atoms with E-state index in [0.717, 1.165) is 12.3 Å². The molecule has 14 heavy (non-hydrogen) atoms. The molecule has 2 heteroatoms. The Balaban J connectivity index is 2.71. The van der Waals surface area contributed by atoms with Crippen LogP contribution in [0.5, 0.6) is 0 Å². The summed E-state index contributed by atoms with van der Waals surface area (Å²) in [6.07, 6.45) is 0. The normalized spacial score (nSPS) is 12.8. The average molecular weight is 209 g/mol. The van der Waals surface area contributed by atoms with Crippen molar-refractivity contribution in [3.05, 3.63) is 29.8 Å². The Labute approximate surface area is 91.3 Å². The lowest BCUT2D eigenvalue weighted by atomic mass is 10.0. The fraction of sp³-hybridized carbons (Fsp3) is 0.500. The molecule has 0 bridgehead atoms. The van der Waals surface area contributed by atoms with Gasteiger partial charge < -0.3 is 5.32 Å². The van der Waals surface area contributed by atoms with Gasteiger partial charge in [-0.3, -0.25) is 0 Å². The lowest BCUT2D eigenvalue weighted by molar-refractivity contribution is 0.676. The molecule has 1 aromatic carbocycles. The molecule has 0 aliphatic rings. The molecule has 0 amide bonds. The number of benzene rings is 1. The van der Waals surface area contributed by atoms with Crippen molar-refractivity contribution in [3.8, 4) is 0 Å². The zero-order valence-electron chi connectivity index (χ0n) is 9.21. The summed E-state index contributed by atoms with van der Waals surface area (Å²) in [7, 11) is 2.00. The highest BCUT2D eigenvalue weighted by Gasteiger charge is 2.04. The van der Waals surface area contributed by atoms with Crippen LogP contribution >= 0.6 is 11.8 Å². The van der Waals surface area contributed by atoms with Gasteiger partial charge in [-0.05, 0) is 36.4 Å². The maximum atomic E-state index is 3.21. The fourth-order valence-electron chi connectivity index (χ4n) is 1.50. The maximum Gasteiger partial charge on any atom is 0.00746 e. The molecule has 1 rings (SSSR count). The van der Waals surface area contributed by atoms with E-state index in [1.165, 1.54) is 10.5 Å². The number of rotatable bonds is 5. The van der Waals surface area contributed by atoms with Crippen LogP contribution in [0.1, 0.15) is 25.3 Å². The van der Waals surface area contributed by atoms with Crippen LogP contribution in [0.4, 0.5) is 0 Å². The molecule has 0 radical (unpaired) electrons. The molecule has 0 spiro atoms. The van der Waals surface area contributed by atoms with Crippen LogP contribution in [-0.2, 0) is 0 Å². The summed E-state index contributed by atoms with van der Waals surface area (Å²) in [5, 5.41) is 3.21. The van der Waals surface area contributed by atoms with Crippen LogP contribution < -0.4 is 5.32 Å². The SMILES string of the molecule is CCSc1cccc(C(C)CNC)c1. The summed E-state index contributed by atoms with van der Waals surface area (Å²) in [6.45, 7) is 5.49. The van der Waals surface area contributed by atoms with Gasteiger partial charge in [0, 0.05) is 11.4 Å². The van der Waals surface area contributed by atoms with Gasteiger partial charge >= 0.3 is 0 Å². The molecule has 0 heterocycles. The molecule has 0 fully saturated rings. The van der Waals surface area contributed by atoms with Crippen molar-refractivity contribution < 1.29 is 0 Å². The zero-order valence-corrected chi connectivity index (χ0v) is 10.0. The molecule has 1 nitrogen and oxygen atoms in total. The molecule has 0 aliphatic carbocycles. The summed E-state index contributed by atoms with van der Waals surface area (Å²) in [6, 6.07) is 8.85. The predicted octanol–water partition coefficient (Wildman–Crippen LogP) is 3.12. The molecule has 0 aliphatic heterocycles. The Morgan fingerprint density at radius 3 is 2.86 bits per heavy atom. The topological polar surface area (TPSA) is 12.0 Å². The lowest BCUT2D eigenvalue weighted by Crippen LogP contribution is -2.14. The molecule has 1 unspecified atom stereocenters. The van der Waals surface area contributed by atoms with Gasteiger partial charge in [-0.1, -0.05) is 26.0 Å². The summed E-state index contributed by atoms with van der Waals surface area (Å²) < 4.78 is 0. The first-order valence-electron chi connectivity index (χ1n) is 5.15. The standard InChI is InChI=1S/C12H19NS/c1-4-14-12-7-5-6-11(8-12)10(2)9-13-3/h5-8,10,13H,4,9H2,1-3H3. The third kappa shape index (κ3) is 3.35. The minimum atomic E-state index is 0.595. The Morgan fingerprint density at radius 1 is 1.43 bits per heavy atom. The van der Waals surface area contributed by atoms with E-state index < -0.39 is 0 Å². The van der Waals surface area contributed by atoms with Gasteiger partial charge in [-0.15, -0.1) is 11.8 Å². The van der Waals surface area contributed by atoms with E-state index in [9.17, 15) is 0 Å². The number of nitrogens with one attached hydrogen (secondary N) is 1. The maximum absolute atomic E-state index is 3.21. The predicted molar refractivity (Wildman–Crippen MR) is 65.2 cm³/mol. The van der Waals surface area contributed by atoms with Crippen molar-refractivity contribution in [2.24, 2.45) is 0 Å². The second kappa shape index (κ2) is 6.10. The van der Waals surface area contributed by atoms with Gasteiger partial charge in [0.05, 0.1) is 0 Å². The fourth-order valence-corrected chi connectivity index (χ4v) is 2.23. The summed E-state index contributed by atoms with van der Waals surface area (Å²) in [5.41, 5.74) is 1.43. The Morgan fingerprint density at radius 2 is 2.21 bits per heavy atom. The highest BCUT2D eigenvalue weighted by molar-refractivity contribution is 7.99. The van der Waals surface area contributed by atoms with Gasteiger partial charge in [0.2, 0.25) is 0 Å². The van der Waals surface area contributed by atoms with Crippen LogP contribution in [0.15, 0.2) is 29.2 Å². The lowest BCUT2D eigenvalue weighted by Gasteiger charge is -2.12. The monoisotopic (exact) mass is 209 g/mol. The van der Waals surface area contributed by atoms with E-state index in [0.29, 0.717) is 5.92 Å². The molecule has 78 valence electrons. The van der Waals surface area contributed by atoms with E-state index in [2.05, 4.69) is 43.4 Å². The molecular formula is C12H19NS. The summed E-state index contributed by atoms with van der Waals surface area (Å²) in [5.74, 6) is 1.74. The van der Waals surface area contributed by atoms with Crippen molar-refractivity contribution in [3.63, 3.8) is 0 Å². The molecular weight excluding hydrogens is 190 g/mol. The molecule has 0 saturated carbocycles. The molecule has 0 aromatic heterocycles. The van der Waals surface area contributed by atoms with Crippen molar-refractivity contribution in [1.82, 2.24) is 5.32 Å². The molecule has 1 atom stereocenters. The van der Waals surface area contributed by atoms with Gasteiger partial charge in [0.1, 0.15) is 0 Å². The van der Waals surface area contributed by atoms with Gasteiger partial charge in [-0.2, -0.15) is 0 Å². The first kappa shape index (κ1) is 11.6. The minimum absolute atomic E-state index is 0.595. The van der Waals surface area contributed by atoms with Crippen molar-refractivity contribution in [1.29, 1.82) is 0 Å². The smallest absolute Gasteiger partial charge is 0.00746 e. The van der Waals surface area contributed by atoms with E-state index in [1.807, 2.05) is 18.8 Å². The van der Waals surface area contributed by atoms with Crippen molar-refractivity contribution >= 4 is 11.8 Å². The Hall–Kier alpha value is -0.470.